The van der Waals surface area contributed by atoms with Crippen molar-refractivity contribution in [2.75, 3.05) is 40.4 Å². The van der Waals surface area contributed by atoms with Crippen molar-refractivity contribution in [2.24, 2.45) is 4.36 Å². The van der Waals surface area contributed by atoms with Crippen LogP contribution in [0.1, 0.15) is 18.0 Å². The number of amides is 1. The lowest BCUT2D eigenvalue weighted by atomic mass is 10.0. The molecule has 0 saturated carbocycles. The first-order valence-electron chi connectivity index (χ1n) is 11.5. The zero-order valence-electron chi connectivity index (χ0n) is 20.1. The van der Waals surface area contributed by atoms with Gasteiger partial charge in [0.15, 0.2) is 6.61 Å². The Hall–Kier alpha value is -3.25. The lowest BCUT2D eigenvalue weighted by Crippen LogP contribution is -2.40. The predicted molar refractivity (Wildman–Crippen MR) is 135 cm³/mol. The molecular weight excluding hydrogens is 484 g/mol. The van der Waals surface area contributed by atoms with Gasteiger partial charge in [0.05, 0.1) is 23.3 Å². The van der Waals surface area contributed by atoms with Gasteiger partial charge in [-0.15, -0.1) is 0 Å². The smallest absolute Gasteiger partial charge is 0.260 e. The van der Waals surface area contributed by atoms with Crippen LogP contribution in [0.15, 0.2) is 59.1 Å². The lowest BCUT2D eigenvalue weighted by Gasteiger charge is -2.32. The summed E-state index contributed by atoms with van der Waals surface area (Å²) in [6.07, 6.45) is 1.90. The van der Waals surface area contributed by atoms with Gasteiger partial charge in [0.2, 0.25) is 0 Å². The number of carbonyl (C=O) groups is 1. The van der Waals surface area contributed by atoms with Crippen LogP contribution in [0.5, 0.6) is 11.5 Å². The van der Waals surface area contributed by atoms with Gasteiger partial charge in [0.25, 0.3) is 5.91 Å². The number of fused-ring (bicyclic) bond motifs is 1. The molecule has 2 heterocycles. The van der Waals surface area contributed by atoms with Crippen molar-refractivity contribution in [2.45, 2.75) is 18.6 Å². The van der Waals surface area contributed by atoms with Gasteiger partial charge < -0.3 is 32.6 Å². The first-order valence-corrected chi connectivity index (χ1v) is 12.5. The first-order chi connectivity index (χ1) is 17.4. The highest BCUT2D eigenvalue weighted by Crippen LogP contribution is 2.32. The minimum atomic E-state index is -1.84. The number of aliphatic hydroxyl groups excluding tert-OH is 1. The molecule has 2 N–H and O–H groups in total. The van der Waals surface area contributed by atoms with E-state index in [9.17, 15) is 19.2 Å². The third-order valence-corrected chi connectivity index (χ3v) is 6.80. The summed E-state index contributed by atoms with van der Waals surface area (Å²) in [6, 6.07) is 13.3. The standard InChI is InChI=1S/C25H29N4O6S/c1-28(22(15-29-12-10-19(31)14-29)17-5-3-6-18(30)13-17)24(32)16-35-23-9-8-21(27-36(33)34-2)25-20(23)7-4-11-26-25/h3-9,11,13,19,22,30-31H,10,12,14-16H2,1-2H3/q-1/t19-,22?/m0/s1. The number of carbonyl (C=O) groups excluding carboxylic acids is 1. The number of ether oxygens (including phenoxy) is 1. The second-order valence-electron chi connectivity index (χ2n) is 8.56. The van der Waals surface area contributed by atoms with Crippen molar-refractivity contribution < 1.29 is 28.1 Å². The fourth-order valence-electron chi connectivity index (χ4n) is 4.27. The van der Waals surface area contributed by atoms with E-state index in [0.29, 0.717) is 41.9 Å². The molecule has 2 atom stereocenters. The maximum absolute atomic E-state index is 13.2. The molecule has 1 amide bonds. The van der Waals surface area contributed by atoms with Crippen LogP contribution in [0.3, 0.4) is 0 Å². The number of aliphatic hydroxyl groups is 1. The average molecular weight is 514 g/mol. The second kappa shape index (κ2) is 11.7. The van der Waals surface area contributed by atoms with E-state index < -0.39 is 10.9 Å². The molecule has 1 saturated heterocycles. The number of aromatic nitrogens is 1. The lowest BCUT2D eigenvalue weighted by molar-refractivity contribution is -0.134. The normalized spacial score (nSPS) is 17.8. The minimum Gasteiger partial charge on any atom is -0.508 e. The Morgan fingerprint density at radius 3 is 2.86 bits per heavy atom. The van der Waals surface area contributed by atoms with Crippen molar-refractivity contribution in [1.82, 2.24) is 14.8 Å². The number of β-amino-alcohol motifs (C(OH)–C–C–N with tert-alkyl or cyclic N) is 1. The number of benzene rings is 2. The summed E-state index contributed by atoms with van der Waals surface area (Å²) in [5.41, 5.74) is 1.66. The maximum atomic E-state index is 13.2. The molecule has 36 heavy (non-hydrogen) atoms. The molecule has 1 fully saturated rings. The topological polar surface area (TPSA) is 125 Å². The quantitative estimate of drug-likeness (QED) is 0.419. The van der Waals surface area contributed by atoms with Crippen molar-refractivity contribution in [3.63, 3.8) is 0 Å². The third-order valence-electron chi connectivity index (χ3n) is 6.17. The van der Waals surface area contributed by atoms with Gasteiger partial charge in [-0.25, -0.2) is 0 Å². The van der Waals surface area contributed by atoms with Crippen molar-refractivity contribution in [1.29, 1.82) is 0 Å². The SMILES string of the molecule is CO[S-](=O)=Nc1ccc(OCC(=O)N(C)C(CN2CC[C@H](O)C2)c2cccc(O)c2)c2cccnc12. The van der Waals surface area contributed by atoms with Gasteiger partial charge in [-0.1, -0.05) is 23.0 Å². The molecule has 4 rings (SSSR count). The van der Waals surface area contributed by atoms with E-state index in [0.717, 1.165) is 12.1 Å². The van der Waals surface area contributed by atoms with E-state index in [2.05, 4.69) is 14.2 Å². The third kappa shape index (κ3) is 6.11. The first kappa shape index (κ1) is 25.8. The van der Waals surface area contributed by atoms with Gasteiger partial charge in [-0.2, -0.15) is 0 Å². The van der Waals surface area contributed by atoms with Crippen LogP contribution in [-0.2, 0) is 24.1 Å². The van der Waals surface area contributed by atoms with E-state index in [1.165, 1.54) is 7.11 Å². The summed E-state index contributed by atoms with van der Waals surface area (Å²) in [4.78, 5) is 21.3. The number of aromatic hydroxyl groups is 1. The molecule has 0 spiro atoms. The number of nitrogens with zero attached hydrogens (tertiary/aromatic N) is 4. The number of phenolic OH excluding ortho intramolecular Hbond substituents is 1. The molecule has 11 heteroatoms. The fraction of sp³-hybridized carbons (Fsp3) is 0.360. The zero-order chi connectivity index (χ0) is 25.7. The molecule has 1 aliphatic heterocycles. The Balaban J connectivity index is 1.53. The summed E-state index contributed by atoms with van der Waals surface area (Å²) < 4.78 is 26.3. The highest BCUT2D eigenvalue weighted by atomic mass is 32.2. The number of likely N-dealkylation sites (tertiary alicyclic amines) is 1. The molecule has 0 bridgehead atoms. The summed E-state index contributed by atoms with van der Waals surface area (Å²) in [6.45, 7) is 1.57. The fourth-order valence-corrected chi connectivity index (χ4v) is 4.65. The molecular formula is C25H29N4O6S-. The number of likely N-dealkylation sites (N-methyl/N-ethyl adjacent to an activating group) is 1. The minimum absolute atomic E-state index is 0.120. The molecule has 3 aromatic rings. The summed E-state index contributed by atoms with van der Waals surface area (Å²) in [5, 5.41) is 20.6. The Bertz CT molecular complexity index is 1310. The molecule has 1 unspecified atom stereocenters. The molecule has 1 aromatic heterocycles. The van der Waals surface area contributed by atoms with Crippen LogP contribution in [-0.4, -0.2) is 77.4 Å². The van der Waals surface area contributed by atoms with E-state index in [1.807, 2.05) is 6.07 Å². The van der Waals surface area contributed by atoms with E-state index in [1.54, 1.807) is 60.6 Å². The summed E-state index contributed by atoms with van der Waals surface area (Å²) >= 11 is 0. The summed E-state index contributed by atoms with van der Waals surface area (Å²) in [7, 11) is 1.16. The van der Waals surface area contributed by atoms with Crippen LogP contribution in [0, 0.1) is 0 Å². The van der Waals surface area contributed by atoms with Crippen molar-refractivity contribution in [3.05, 3.63) is 60.3 Å². The summed E-state index contributed by atoms with van der Waals surface area (Å²) in [5.74, 6) is 0.308. The highest BCUT2D eigenvalue weighted by Gasteiger charge is 2.28. The average Bonchev–Trinajstić information content (AvgIpc) is 3.30. The number of hydrogen-bond donors (Lipinski definition) is 2. The molecule has 0 aliphatic carbocycles. The van der Waals surface area contributed by atoms with E-state index in [-0.39, 0.29) is 30.4 Å². The van der Waals surface area contributed by atoms with Gasteiger partial charge >= 0.3 is 0 Å². The Kier molecular flexibility index (Phi) is 8.36. The van der Waals surface area contributed by atoms with Crippen LogP contribution in [0.25, 0.3) is 10.9 Å². The van der Waals surface area contributed by atoms with Gasteiger partial charge in [0.1, 0.15) is 11.5 Å². The molecule has 0 radical (unpaired) electrons. The van der Waals surface area contributed by atoms with Crippen LogP contribution in [0.4, 0.5) is 5.69 Å². The monoisotopic (exact) mass is 513 g/mol. The van der Waals surface area contributed by atoms with Crippen molar-refractivity contribution in [3.8, 4) is 11.5 Å². The second-order valence-corrected chi connectivity index (χ2v) is 9.51. The van der Waals surface area contributed by atoms with Crippen molar-refractivity contribution >= 4 is 33.4 Å². The van der Waals surface area contributed by atoms with E-state index in [4.69, 9.17) is 8.92 Å². The number of phenols is 1. The highest BCUT2D eigenvalue weighted by molar-refractivity contribution is 7.69. The molecule has 10 nitrogen and oxygen atoms in total. The molecule has 192 valence electrons. The van der Waals surface area contributed by atoms with Crippen LogP contribution in [0.2, 0.25) is 0 Å². The number of rotatable bonds is 9. The van der Waals surface area contributed by atoms with E-state index >= 15 is 0 Å². The van der Waals surface area contributed by atoms with Gasteiger partial charge in [0, 0.05) is 45.4 Å². The maximum Gasteiger partial charge on any atom is 0.260 e. The largest absolute Gasteiger partial charge is 0.508 e. The number of pyridine rings is 1. The Morgan fingerprint density at radius 2 is 2.14 bits per heavy atom. The zero-order valence-corrected chi connectivity index (χ0v) is 20.9. The Labute approximate surface area is 211 Å². The predicted octanol–water partition coefficient (Wildman–Crippen LogP) is 2.93. The number of hydrogen-bond acceptors (Lipinski definition) is 10. The van der Waals surface area contributed by atoms with Crippen LogP contribution < -0.4 is 4.74 Å². The molecule has 1 aliphatic rings. The van der Waals surface area contributed by atoms with Gasteiger partial charge in [-0.3, -0.25) is 14.7 Å². The molecule has 2 aromatic carbocycles. The van der Waals surface area contributed by atoms with Gasteiger partial charge in [-0.05, 0) is 48.4 Å². The van der Waals surface area contributed by atoms with Crippen LogP contribution >= 0.6 is 0 Å². The Morgan fingerprint density at radius 1 is 1.31 bits per heavy atom.